The van der Waals surface area contributed by atoms with E-state index in [9.17, 15) is 0 Å². The average molecular weight is 305 g/mol. The SMILES string of the molecule is C#CC1=C2C(=C)N3CC4CCCN4C3(C)CN2C=C(C=C)C1=C. The van der Waals surface area contributed by atoms with Crippen LogP contribution in [0, 0.1) is 12.3 Å². The molecule has 0 amide bonds. The van der Waals surface area contributed by atoms with Gasteiger partial charge in [0.05, 0.1) is 23.5 Å². The first kappa shape index (κ1) is 14.4. The number of hydrogen-bond donors (Lipinski definition) is 0. The summed E-state index contributed by atoms with van der Waals surface area (Å²) in [7, 11) is 0. The van der Waals surface area contributed by atoms with Crippen LogP contribution in [-0.2, 0) is 0 Å². The van der Waals surface area contributed by atoms with Crippen LogP contribution in [0.25, 0.3) is 0 Å². The normalized spacial score (nSPS) is 33.2. The quantitative estimate of drug-likeness (QED) is 0.690. The second-order valence-electron chi connectivity index (χ2n) is 7.03. The van der Waals surface area contributed by atoms with Crippen LogP contribution in [0.3, 0.4) is 0 Å². The van der Waals surface area contributed by atoms with Crippen LogP contribution in [0.5, 0.6) is 0 Å². The second kappa shape index (κ2) is 4.66. The molecule has 0 spiro atoms. The molecular formula is C20H23N3. The van der Waals surface area contributed by atoms with Crippen molar-refractivity contribution in [2.75, 3.05) is 19.6 Å². The van der Waals surface area contributed by atoms with E-state index in [1.165, 1.54) is 19.4 Å². The Morgan fingerprint density at radius 1 is 1.43 bits per heavy atom. The summed E-state index contributed by atoms with van der Waals surface area (Å²) in [6.45, 7) is 17.9. The molecule has 4 aliphatic rings. The van der Waals surface area contributed by atoms with E-state index in [4.69, 9.17) is 6.42 Å². The van der Waals surface area contributed by atoms with Gasteiger partial charge in [-0.3, -0.25) is 4.90 Å². The first-order valence-electron chi connectivity index (χ1n) is 8.26. The van der Waals surface area contributed by atoms with Crippen molar-refractivity contribution in [1.82, 2.24) is 14.7 Å². The molecule has 23 heavy (non-hydrogen) atoms. The van der Waals surface area contributed by atoms with Crippen molar-refractivity contribution < 1.29 is 0 Å². The van der Waals surface area contributed by atoms with Gasteiger partial charge in [0, 0.05) is 25.3 Å². The summed E-state index contributed by atoms with van der Waals surface area (Å²) in [6, 6.07) is 0.638. The van der Waals surface area contributed by atoms with Crippen molar-refractivity contribution in [1.29, 1.82) is 0 Å². The van der Waals surface area contributed by atoms with Gasteiger partial charge in [-0.25, -0.2) is 0 Å². The Balaban J connectivity index is 1.84. The van der Waals surface area contributed by atoms with Gasteiger partial charge in [-0.15, -0.1) is 6.42 Å². The molecule has 3 saturated heterocycles. The summed E-state index contributed by atoms with van der Waals surface area (Å²) in [6.07, 6.45) is 12.4. The van der Waals surface area contributed by atoms with Crippen molar-refractivity contribution in [3.63, 3.8) is 0 Å². The molecule has 0 bridgehead atoms. The molecule has 4 heterocycles. The van der Waals surface area contributed by atoms with Crippen LogP contribution in [-0.4, -0.2) is 46.0 Å². The van der Waals surface area contributed by atoms with E-state index < -0.39 is 0 Å². The number of allylic oxidation sites excluding steroid dienone is 4. The fraction of sp³-hybridized carbons (Fsp3) is 0.400. The summed E-state index contributed by atoms with van der Waals surface area (Å²) in [4.78, 5) is 7.37. The average Bonchev–Trinajstić information content (AvgIpc) is 3.09. The number of piperazine rings is 1. The van der Waals surface area contributed by atoms with Crippen molar-refractivity contribution >= 4 is 0 Å². The van der Waals surface area contributed by atoms with Crippen molar-refractivity contribution in [2.45, 2.75) is 31.5 Å². The summed E-state index contributed by atoms with van der Waals surface area (Å²) >= 11 is 0. The third-order valence-corrected chi connectivity index (χ3v) is 5.87. The highest BCUT2D eigenvalue weighted by Gasteiger charge is 2.55. The molecule has 0 radical (unpaired) electrons. The van der Waals surface area contributed by atoms with Gasteiger partial charge in [0.2, 0.25) is 0 Å². The summed E-state index contributed by atoms with van der Waals surface area (Å²) in [5.41, 5.74) is 4.79. The van der Waals surface area contributed by atoms with Gasteiger partial charge in [-0.2, -0.15) is 0 Å². The Labute approximate surface area is 138 Å². The smallest absolute Gasteiger partial charge is 0.109 e. The lowest BCUT2D eigenvalue weighted by Crippen LogP contribution is -2.61. The van der Waals surface area contributed by atoms with E-state index in [1.807, 2.05) is 6.08 Å². The fourth-order valence-corrected chi connectivity index (χ4v) is 4.76. The third-order valence-electron chi connectivity index (χ3n) is 5.87. The van der Waals surface area contributed by atoms with Crippen LogP contribution in [0.15, 0.2) is 60.1 Å². The molecule has 118 valence electrons. The number of fused-ring (bicyclic) bond motifs is 4. The van der Waals surface area contributed by atoms with Crippen LogP contribution >= 0.6 is 0 Å². The van der Waals surface area contributed by atoms with Gasteiger partial charge in [-0.05, 0) is 30.9 Å². The maximum Gasteiger partial charge on any atom is 0.109 e. The van der Waals surface area contributed by atoms with Gasteiger partial charge < -0.3 is 9.80 Å². The predicted molar refractivity (Wildman–Crippen MR) is 94.0 cm³/mol. The van der Waals surface area contributed by atoms with Crippen molar-refractivity contribution in [3.8, 4) is 12.3 Å². The maximum atomic E-state index is 5.81. The minimum atomic E-state index is -0.0110. The molecule has 3 fully saturated rings. The van der Waals surface area contributed by atoms with Gasteiger partial charge >= 0.3 is 0 Å². The molecule has 4 rings (SSSR count). The Morgan fingerprint density at radius 2 is 2.22 bits per heavy atom. The van der Waals surface area contributed by atoms with E-state index in [1.54, 1.807) is 0 Å². The topological polar surface area (TPSA) is 9.72 Å². The molecule has 0 N–H and O–H groups in total. The lowest BCUT2D eigenvalue weighted by atomic mass is 9.90. The molecule has 2 unspecified atom stereocenters. The fourth-order valence-electron chi connectivity index (χ4n) is 4.76. The van der Waals surface area contributed by atoms with E-state index in [0.717, 1.165) is 41.2 Å². The zero-order valence-electron chi connectivity index (χ0n) is 13.8. The number of nitrogens with zero attached hydrogens (tertiary/aromatic N) is 3. The zero-order valence-corrected chi connectivity index (χ0v) is 13.8. The molecule has 4 aliphatic heterocycles. The molecule has 0 aromatic rings. The Morgan fingerprint density at radius 3 is 2.91 bits per heavy atom. The van der Waals surface area contributed by atoms with Gasteiger partial charge in [0.25, 0.3) is 0 Å². The van der Waals surface area contributed by atoms with Gasteiger partial charge in [0.15, 0.2) is 0 Å². The van der Waals surface area contributed by atoms with E-state index in [0.29, 0.717) is 6.04 Å². The molecule has 0 aromatic heterocycles. The molecule has 3 heteroatoms. The monoisotopic (exact) mass is 305 g/mol. The highest BCUT2D eigenvalue weighted by Crippen LogP contribution is 2.47. The third kappa shape index (κ3) is 1.70. The summed E-state index contributed by atoms with van der Waals surface area (Å²) < 4.78 is 0. The zero-order chi connectivity index (χ0) is 16.4. The Hall–Kier alpha value is -2.18. The summed E-state index contributed by atoms with van der Waals surface area (Å²) in [5.74, 6) is 2.84. The molecule has 0 aromatic carbocycles. The van der Waals surface area contributed by atoms with Crippen molar-refractivity contribution in [2.24, 2.45) is 0 Å². The standard InChI is InChI=1S/C20H23N3/c1-6-16-11-21-13-20(5)22-10-8-9-17(22)12-23(20)15(4)19(21)18(7-2)14(16)3/h2,6,11,17H,1,3-4,8-10,12-13H2,5H3. The molecule has 2 atom stereocenters. The van der Waals surface area contributed by atoms with Crippen LogP contribution in [0.4, 0.5) is 0 Å². The van der Waals surface area contributed by atoms with E-state index in [2.05, 4.69) is 53.5 Å². The molecule has 3 nitrogen and oxygen atoms in total. The number of rotatable bonds is 1. The number of hydrogen-bond acceptors (Lipinski definition) is 3. The molecular weight excluding hydrogens is 282 g/mol. The minimum absolute atomic E-state index is 0.0110. The molecule has 0 aliphatic carbocycles. The minimum Gasteiger partial charge on any atom is -0.349 e. The van der Waals surface area contributed by atoms with Crippen LogP contribution < -0.4 is 0 Å². The summed E-state index contributed by atoms with van der Waals surface area (Å²) in [5, 5.41) is 0. The number of terminal acetylenes is 1. The van der Waals surface area contributed by atoms with Crippen molar-refractivity contribution in [3.05, 3.63) is 60.1 Å². The van der Waals surface area contributed by atoms with Gasteiger partial charge in [-0.1, -0.05) is 31.7 Å². The Bertz CT molecular complexity index is 732. The van der Waals surface area contributed by atoms with Crippen LogP contribution in [0.2, 0.25) is 0 Å². The highest BCUT2D eigenvalue weighted by atomic mass is 15.5. The van der Waals surface area contributed by atoms with Crippen LogP contribution in [0.1, 0.15) is 19.8 Å². The lowest BCUT2D eigenvalue weighted by Gasteiger charge is -2.52. The first-order valence-corrected chi connectivity index (χ1v) is 8.26. The van der Waals surface area contributed by atoms with E-state index >= 15 is 0 Å². The second-order valence-corrected chi connectivity index (χ2v) is 7.03. The first-order chi connectivity index (χ1) is 11.0. The molecule has 0 saturated carbocycles. The highest BCUT2D eigenvalue weighted by molar-refractivity contribution is 5.64. The van der Waals surface area contributed by atoms with E-state index in [-0.39, 0.29) is 5.66 Å². The largest absolute Gasteiger partial charge is 0.349 e. The maximum absolute atomic E-state index is 5.81. The predicted octanol–water partition coefficient (Wildman–Crippen LogP) is 2.84. The van der Waals surface area contributed by atoms with Gasteiger partial charge in [0.1, 0.15) is 5.66 Å². The Kier molecular flexibility index (Phi) is 2.92. The lowest BCUT2D eigenvalue weighted by molar-refractivity contribution is 0.0159.